The van der Waals surface area contributed by atoms with Crippen LogP contribution < -0.4 is 0 Å². The minimum Gasteiger partial charge on any atom is -0.462 e. The lowest BCUT2D eigenvalue weighted by Gasteiger charge is -2.19. The predicted molar refractivity (Wildman–Crippen MR) is 91.9 cm³/mol. The van der Waals surface area contributed by atoms with Crippen molar-refractivity contribution in [3.8, 4) is 0 Å². The van der Waals surface area contributed by atoms with Gasteiger partial charge in [-0.15, -0.1) is 0 Å². The second-order valence-corrected chi connectivity index (χ2v) is 7.22. The van der Waals surface area contributed by atoms with Crippen LogP contribution in [-0.4, -0.2) is 43.3 Å². The maximum atomic E-state index is 11.8. The van der Waals surface area contributed by atoms with Gasteiger partial charge < -0.3 is 14.4 Å². The van der Waals surface area contributed by atoms with E-state index in [0.717, 1.165) is 39.2 Å². The fourth-order valence-electron chi connectivity index (χ4n) is 1.89. The Bertz CT molecular complexity index is 426. The van der Waals surface area contributed by atoms with Crippen molar-refractivity contribution >= 4 is 19.8 Å². The maximum absolute atomic E-state index is 11.8. The van der Waals surface area contributed by atoms with Gasteiger partial charge in [-0.1, -0.05) is 39.5 Å². The molecule has 0 radical (unpaired) electrons. The SMILES string of the molecule is CCCCCC(=O)OC[C@@H](COP(=O)(O)OC)OC(=O)CCCCC. The van der Waals surface area contributed by atoms with Crippen LogP contribution >= 0.6 is 7.82 Å². The third-order valence-corrected chi connectivity index (χ3v) is 4.29. The average Bonchev–Trinajstić information content (AvgIpc) is 2.58. The topological polar surface area (TPSA) is 108 Å². The van der Waals surface area contributed by atoms with Gasteiger partial charge in [0.25, 0.3) is 0 Å². The highest BCUT2D eigenvalue weighted by molar-refractivity contribution is 7.47. The lowest BCUT2D eigenvalue weighted by atomic mass is 10.2. The summed E-state index contributed by atoms with van der Waals surface area (Å²) in [6, 6.07) is 0. The van der Waals surface area contributed by atoms with Crippen LogP contribution in [0.4, 0.5) is 0 Å². The van der Waals surface area contributed by atoms with Gasteiger partial charge in [-0.2, -0.15) is 0 Å². The van der Waals surface area contributed by atoms with E-state index in [4.69, 9.17) is 14.0 Å². The van der Waals surface area contributed by atoms with E-state index < -0.39 is 32.5 Å². The second-order valence-electron chi connectivity index (χ2n) is 5.66. The Labute approximate surface area is 149 Å². The van der Waals surface area contributed by atoms with E-state index >= 15 is 0 Å². The highest BCUT2D eigenvalue weighted by Gasteiger charge is 2.24. The predicted octanol–water partition coefficient (Wildman–Crippen LogP) is 3.37. The minimum absolute atomic E-state index is 0.228. The molecule has 1 N–H and O–H groups in total. The molecule has 0 saturated heterocycles. The lowest BCUT2D eigenvalue weighted by molar-refractivity contribution is -0.161. The smallest absolute Gasteiger partial charge is 0.462 e. The van der Waals surface area contributed by atoms with E-state index in [1.54, 1.807) is 0 Å². The van der Waals surface area contributed by atoms with E-state index in [0.29, 0.717) is 6.42 Å². The van der Waals surface area contributed by atoms with Crippen molar-refractivity contribution in [1.82, 2.24) is 0 Å². The Morgan fingerprint density at radius 2 is 1.52 bits per heavy atom. The number of esters is 2. The molecule has 0 aromatic heterocycles. The molecule has 0 aromatic carbocycles. The number of carbonyl (C=O) groups is 2. The summed E-state index contributed by atoms with van der Waals surface area (Å²) in [7, 11) is -3.17. The Morgan fingerprint density at radius 3 is 2.04 bits per heavy atom. The standard InChI is InChI=1S/C16H31O8P/c1-4-6-8-10-15(17)22-12-14(13-23-25(19,20)21-3)24-16(18)11-9-7-5-2/h14H,4-13H2,1-3H3,(H,19,20)/t14-/m0/s1. The molecule has 0 rings (SSSR count). The summed E-state index contributed by atoms with van der Waals surface area (Å²) in [5, 5.41) is 0. The highest BCUT2D eigenvalue weighted by atomic mass is 31.2. The molecular weight excluding hydrogens is 351 g/mol. The van der Waals surface area contributed by atoms with Gasteiger partial charge in [0.15, 0.2) is 6.10 Å². The summed E-state index contributed by atoms with van der Waals surface area (Å²) in [5.74, 6) is -0.867. The largest absolute Gasteiger partial charge is 0.472 e. The van der Waals surface area contributed by atoms with Gasteiger partial charge in [-0.25, -0.2) is 4.57 Å². The van der Waals surface area contributed by atoms with Crippen molar-refractivity contribution in [2.45, 2.75) is 71.3 Å². The quantitative estimate of drug-likeness (QED) is 0.261. The number of phosphoric ester groups is 1. The molecule has 8 nitrogen and oxygen atoms in total. The molecule has 0 aliphatic heterocycles. The van der Waals surface area contributed by atoms with Gasteiger partial charge in [0.2, 0.25) is 0 Å². The van der Waals surface area contributed by atoms with Gasteiger partial charge in [-0.05, 0) is 12.8 Å². The van der Waals surface area contributed by atoms with Crippen LogP contribution in [0.5, 0.6) is 0 Å². The molecule has 0 aliphatic rings. The fraction of sp³-hybridized carbons (Fsp3) is 0.875. The van der Waals surface area contributed by atoms with Crippen molar-refractivity contribution in [3.63, 3.8) is 0 Å². The summed E-state index contributed by atoms with van der Waals surface area (Å²) >= 11 is 0. The van der Waals surface area contributed by atoms with Crippen molar-refractivity contribution in [2.75, 3.05) is 20.3 Å². The van der Waals surface area contributed by atoms with E-state index in [-0.39, 0.29) is 19.4 Å². The Balaban J connectivity index is 4.43. The molecule has 0 spiro atoms. The van der Waals surface area contributed by atoms with Crippen LogP contribution in [-0.2, 0) is 32.7 Å². The molecule has 0 fully saturated rings. The number of hydrogen-bond acceptors (Lipinski definition) is 7. The molecule has 148 valence electrons. The van der Waals surface area contributed by atoms with E-state index in [1.807, 2.05) is 13.8 Å². The monoisotopic (exact) mass is 382 g/mol. The first-order valence-corrected chi connectivity index (χ1v) is 10.2. The van der Waals surface area contributed by atoms with Gasteiger partial charge in [0, 0.05) is 20.0 Å². The molecule has 1 unspecified atom stereocenters. The highest BCUT2D eigenvalue weighted by Crippen LogP contribution is 2.42. The van der Waals surface area contributed by atoms with Crippen LogP contribution in [0.3, 0.4) is 0 Å². The molecule has 0 heterocycles. The molecule has 0 aliphatic carbocycles. The molecule has 0 bridgehead atoms. The van der Waals surface area contributed by atoms with Crippen molar-refractivity contribution in [1.29, 1.82) is 0 Å². The van der Waals surface area contributed by atoms with Crippen LogP contribution in [0.1, 0.15) is 65.2 Å². The summed E-state index contributed by atoms with van der Waals surface area (Å²) in [5.41, 5.74) is 0. The molecule has 0 aromatic rings. The molecule has 25 heavy (non-hydrogen) atoms. The zero-order chi connectivity index (χ0) is 19.1. The third kappa shape index (κ3) is 14.0. The van der Waals surface area contributed by atoms with Crippen LogP contribution in [0, 0.1) is 0 Å². The molecule has 9 heteroatoms. The minimum atomic E-state index is -4.20. The zero-order valence-electron chi connectivity index (χ0n) is 15.4. The molecule has 0 amide bonds. The maximum Gasteiger partial charge on any atom is 0.472 e. The average molecular weight is 382 g/mol. The van der Waals surface area contributed by atoms with Crippen LogP contribution in [0.2, 0.25) is 0 Å². The number of unbranched alkanes of at least 4 members (excludes halogenated alkanes) is 4. The van der Waals surface area contributed by atoms with E-state index in [1.165, 1.54) is 0 Å². The van der Waals surface area contributed by atoms with Gasteiger partial charge in [-0.3, -0.25) is 18.6 Å². The normalized spacial score (nSPS) is 14.6. The van der Waals surface area contributed by atoms with Gasteiger partial charge >= 0.3 is 19.8 Å². The van der Waals surface area contributed by atoms with Crippen LogP contribution in [0.25, 0.3) is 0 Å². The van der Waals surface area contributed by atoms with E-state index in [9.17, 15) is 19.0 Å². The first kappa shape index (κ1) is 24.1. The van der Waals surface area contributed by atoms with Crippen LogP contribution in [0.15, 0.2) is 0 Å². The molecule has 2 atom stereocenters. The first-order valence-electron chi connectivity index (χ1n) is 8.72. The molecule has 0 saturated carbocycles. The summed E-state index contributed by atoms with van der Waals surface area (Å²) in [6.45, 7) is 3.42. The molecular formula is C16H31O8P. The summed E-state index contributed by atoms with van der Waals surface area (Å²) < 4.78 is 30.6. The number of carbonyl (C=O) groups excluding carboxylic acids is 2. The Morgan fingerprint density at radius 1 is 0.960 bits per heavy atom. The number of ether oxygens (including phenoxy) is 2. The Hall–Kier alpha value is -0.950. The lowest BCUT2D eigenvalue weighted by Crippen LogP contribution is -2.29. The van der Waals surface area contributed by atoms with Crippen molar-refractivity contribution in [2.24, 2.45) is 0 Å². The van der Waals surface area contributed by atoms with Crippen molar-refractivity contribution in [3.05, 3.63) is 0 Å². The summed E-state index contributed by atoms with van der Waals surface area (Å²) in [4.78, 5) is 32.7. The zero-order valence-corrected chi connectivity index (χ0v) is 16.3. The number of rotatable bonds is 15. The summed E-state index contributed by atoms with van der Waals surface area (Å²) in [6.07, 6.45) is 4.75. The fourth-order valence-corrected chi connectivity index (χ4v) is 2.35. The number of hydrogen-bond donors (Lipinski definition) is 1. The van der Waals surface area contributed by atoms with E-state index in [2.05, 4.69) is 4.52 Å². The van der Waals surface area contributed by atoms with Gasteiger partial charge in [0.1, 0.15) is 6.61 Å². The first-order chi connectivity index (χ1) is 11.8. The Kier molecular flexibility index (Phi) is 13.7. The third-order valence-electron chi connectivity index (χ3n) is 3.35. The number of phosphoric acid groups is 1. The second kappa shape index (κ2) is 14.2. The van der Waals surface area contributed by atoms with Crippen molar-refractivity contribution < 1.29 is 37.6 Å². The van der Waals surface area contributed by atoms with Gasteiger partial charge in [0.05, 0.1) is 6.61 Å².